The van der Waals surface area contributed by atoms with Gasteiger partial charge < -0.3 is 24.4 Å². The highest BCUT2D eigenvalue weighted by Gasteiger charge is 2.29. The molecular formula is C21H27N3O5S. The van der Waals surface area contributed by atoms with Gasteiger partial charge in [-0.1, -0.05) is 11.3 Å². The van der Waals surface area contributed by atoms with Gasteiger partial charge >= 0.3 is 5.97 Å². The van der Waals surface area contributed by atoms with E-state index >= 15 is 0 Å². The Hall–Kier alpha value is -2.39. The molecule has 1 N–H and O–H groups in total. The Balaban J connectivity index is 1.46. The molecule has 1 saturated carbocycles. The fourth-order valence-corrected chi connectivity index (χ4v) is 5.27. The van der Waals surface area contributed by atoms with Crippen LogP contribution < -0.4 is 15.0 Å². The number of nitrogens with zero attached hydrogens (tertiary/aromatic N) is 2. The molecule has 0 radical (unpaired) electrons. The van der Waals surface area contributed by atoms with Crippen molar-refractivity contribution in [1.29, 1.82) is 0 Å². The van der Waals surface area contributed by atoms with Crippen LogP contribution in [0.3, 0.4) is 0 Å². The third-order valence-electron chi connectivity index (χ3n) is 5.60. The number of esters is 1. The molecule has 2 fully saturated rings. The topological polar surface area (TPSA) is 90.0 Å². The Morgan fingerprint density at radius 2 is 2.10 bits per heavy atom. The van der Waals surface area contributed by atoms with Crippen LogP contribution in [0.5, 0.6) is 5.75 Å². The first-order chi connectivity index (χ1) is 14.5. The fourth-order valence-electron chi connectivity index (χ4n) is 4.23. The average molecular weight is 434 g/mol. The summed E-state index contributed by atoms with van der Waals surface area (Å²) >= 11 is 1.47. The summed E-state index contributed by atoms with van der Waals surface area (Å²) in [5, 5.41) is 3.53. The number of carbonyl (C=O) groups is 2. The summed E-state index contributed by atoms with van der Waals surface area (Å²) in [5.74, 6) is 0.597. The Morgan fingerprint density at radius 3 is 2.83 bits per heavy atom. The Morgan fingerprint density at radius 1 is 1.30 bits per heavy atom. The number of hydrogen-bond acceptors (Lipinski definition) is 8. The molecule has 4 rings (SSSR count). The fraction of sp³-hybridized carbons (Fsp3) is 0.571. The van der Waals surface area contributed by atoms with Gasteiger partial charge in [0.1, 0.15) is 17.4 Å². The van der Waals surface area contributed by atoms with Crippen molar-refractivity contribution < 1.29 is 23.8 Å². The molecule has 1 saturated heterocycles. The molecule has 2 atom stereocenters. The van der Waals surface area contributed by atoms with Gasteiger partial charge in [-0.05, 0) is 37.3 Å². The highest BCUT2D eigenvalue weighted by Crippen LogP contribution is 2.40. The highest BCUT2D eigenvalue weighted by molar-refractivity contribution is 7.23. The first-order valence-corrected chi connectivity index (χ1v) is 11.1. The monoisotopic (exact) mass is 433 g/mol. The van der Waals surface area contributed by atoms with E-state index < -0.39 is 0 Å². The van der Waals surface area contributed by atoms with Crippen molar-refractivity contribution in [1.82, 2.24) is 4.98 Å². The van der Waals surface area contributed by atoms with Gasteiger partial charge in [0.2, 0.25) is 5.91 Å². The minimum Gasteiger partial charge on any atom is -0.494 e. The summed E-state index contributed by atoms with van der Waals surface area (Å²) in [6, 6.07) is 3.97. The molecule has 1 aliphatic carbocycles. The molecular weight excluding hydrogens is 406 g/mol. The maximum absolute atomic E-state index is 12.6. The quantitative estimate of drug-likeness (QED) is 0.700. The highest BCUT2D eigenvalue weighted by atomic mass is 32.1. The van der Waals surface area contributed by atoms with Crippen LogP contribution in [-0.4, -0.2) is 56.4 Å². The third kappa shape index (κ3) is 4.67. The van der Waals surface area contributed by atoms with Crippen molar-refractivity contribution in [2.24, 2.45) is 5.92 Å². The van der Waals surface area contributed by atoms with Crippen molar-refractivity contribution in [3.8, 4) is 5.75 Å². The van der Waals surface area contributed by atoms with E-state index in [1.807, 2.05) is 12.1 Å². The number of amides is 1. The van der Waals surface area contributed by atoms with Crippen molar-refractivity contribution >= 4 is 44.2 Å². The lowest BCUT2D eigenvalue weighted by Crippen LogP contribution is -2.36. The molecule has 1 aliphatic heterocycles. The molecule has 0 unspecified atom stereocenters. The third-order valence-corrected chi connectivity index (χ3v) is 6.60. The van der Waals surface area contributed by atoms with Crippen LogP contribution in [-0.2, 0) is 19.1 Å². The molecule has 2 heterocycles. The van der Waals surface area contributed by atoms with Crippen LogP contribution >= 0.6 is 11.3 Å². The molecule has 2 aliphatic rings. The summed E-state index contributed by atoms with van der Waals surface area (Å²) in [6.07, 6.45) is 2.78. The number of anilines is 2. The molecule has 1 amide bonds. The number of benzene rings is 1. The first kappa shape index (κ1) is 20.9. The zero-order valence-electron chi connectivity index (χ0n) is 17.3. The van der Waals surface area contributed by atoms with Crippen LogP contribution in [0, 0.1) is 5.92 Å². The second kappa shape index (κ2) is 9.18. The molecule has 8 nitrogen and oxygen atoms in total. The van der Waals surface area contributed by atoms with E-state index in [4.69, 9.17) is 14.2 Å². The minimum atomic E-state index is -0.260. The lowest BCUT2D eigenvalue weighted by Gasteiger charge is -2.29. The Labute approximate surface area is 179 Å². The van der Waals surface area contributed by atoms with Gasteiger partial charge in [0.05, 0.1) is 30.7 Å². The molecule has 0 bridgehead atoms. The maximum Gasteiger partial charge on any atom is 0.302 e. The summed E-state index contributed by atoms with van der Waals surface area (Å²) in [6.45, 7) is 4.47. The summed E-state index contributed by atoms with van der Waals surface area (Å²) < 4.78 is 17.2. The van der Waals surface area contributed by atoms with Crippen LogP contribution in [0.2, 0.25) is 0 Å². The first-order valence-electron chi connectivity index (χ1n) is 10.3. The van der Waals surface area contributed by atoms with E-state index in [0.29, 0.717) is 30.5 Å². The predicted molar refractivity (Wildman–Crippen MR) is 115 cm³/mol. The van der Waals surface area contributed by atoms with Crippen LogP contribution in [0.4, 0.5) is 10.8 Å². The lowest BCUT2D eigenvalue weighted by molar-refractivity contribution is -0.146. The summed E-state index contributed by atoms with van der Waals surface area (Å²) in [5.41, 5.74) is 1.85. The number of ether oxygens (including phenoxy) is 3. The summed E-state index contributed by atoms with van der Waals surface area (Å²) in [4.78, 5) is 30.6. The van der Waals surface area contributed by atoms with Crippen LogP contribution in [0.15, 0.2) is 12.1 Å². The van der Waals surface area contributed by atoms with Gasteiger partial charge in [-0.15, -0.1) is 0 Å². The number of aromatic nitrogens is 1. The number of fused-ring (bicyclic) bond motifs is 1. The maximum atomic E-state index is 12.6. The van der Waals surface area contributed by atoms with Crippen molar-refractivity contribution in [2.75, 3.05) is 43.6 Å². The Kier molecular flexibility index (Phi) is 6.38. The molecule has 1 aromatic carbocycles. The van der Waals surface area contributed by atoms with Crippen LogP contribution in [0.1, 0.15) is 32.6 Å². The van der Waals surface area contributed by atoms with Crippen molar-refractivity contribution in [3.05, 3.63) is 12.1 Å². The van der Waals surface area contributed by atoms with Crippen molar-refractivity contribution in [2.45, 2.75) is 38.7 Å². The van der Waals surface area contributed by atoms with E-state index in [2.05, 4.69) is 15.2 Å². The molecule has 1 aromatic heterocycles. The van der Waals surface area contributed by atoms with Crippen molar-refractivity contribution in [3.63, 3.8) is 0 Å². The average Bonchev–Trinajstić information content (AvgIpc) is 3.33. The number of methoxy groups -OCH3 is 1. The molecule has 0 spiro atoms. The second-order valence-electron chi connectivity index (χ2n) is 7.75. The van der Waals surface area contributed by atoms with Gasteiger partial charge in [0.15, 0.2) is 5.13 Å². The number of morpholine rings is 1. The zero-order chi connectivity index (χ0) is 21.1. The number of nitrogens with one attached hydrogen (secondary N) is 1. The molecule has 2 aromatic rings. The number of thiazole rings is 1. The van der Waals surface area contributed by atoms with E-state index in [9.17, 15) is 9.59 Å². The van der Waals surface area contributed by atoms with E-state index in [1.165, 1.54) is 18.3 Å². The van der Waals surface area contributed by atoms with E-state index in [0.717, 1.165) is 48.3 Å². The molecule has 9 heteroatoms. The number of rotatable bonds is 6. The normalized spacial score (nSPS) is 21.6. The van der Waals surface area contributed by atoms with Crippen LogP contribution in [0.25, 0.3) is 10.2 Å². The van der Waals surface area contributed by atoms with E-state index in [1.54, 1.807) is 7.11 Å². The SMILES string of the molecule is COc1ccc(N2CCOCC2)c2sc(NC(=O)C[C@@H]3CC[C@H](OC(C)=O)C3)nc12. The largest absolute Gasteiger partial charge is 0.494 e. The van der Waals surface area contributed by atoms with Gasteiger partial charge in [-0.2, -0.15) is 0 Å². The van der Waals surface area contributed by atoms with Gasteiger partial charge in [-0.3, -0.25) is 9.59 Å². The van der Waals surface area contributed by atoms with E-state index in [-0.39, 0.29) is 23.9 Å². The van der Waals surface area contributed by atoms with Gasteiger partial charge in [-0.25, -0.2) is 4.98 Å². The standard InChI is InChI=1S/C21H27N3O5S/c1-13(25)29-15-4-3-14(11-15)12-18(26)22-21-23-19-17(27-2)6-5-16(20(19)30-21)24-7-9-28-10-8-24/h5-6,14-15H,3-4,7-12H2,1-2H3,(H,22,23,26)/t14-,15+/m1/s1. The zero-order valence-corrected chi connectivity index (χ0v) is 18.1. The lowest BCUT2D eigenvalue weighted by atomic mass is 10.0. The summed E-state index contributed by atoms with van der Waals surface area (Å²) in [7, 11) is 1.63. The smallest absolute Gasteiger partial charge is 0.302 e. The second-order valence-corrected chi connectivity index (χ2v) is 8.75. The predicted octanol–water partition coefficient (Wildman–Crippen LogP) is 3.20. The minimum absolute atomic E-state index is 0.0607. The number of hydrogen-bond donors (Lipinski definition) is 1. The number of carbonyl (C=O) groups excluding carboxylic acids is 2. The van der Waals surface area contributed by atoms with Gasteiger partial charge in [0, 0.05) is 26.4 Å². The van der Waals surface area contributed by atoms with Gasteiger partial charge in [0.25, 0.3) is 0 Å². The molecule has 162 valence electrons. The molecule has 30 heavy (non-hydrogen) atoms. The Bertz CT molecular complexity index is 925.